The van der Waals surface area contributed by atoms with Crippen LogP contribution in [0, 0.1) is 0 Å². The third-order valence-corrected chi connectivity index (χ3v) is 4.49. The van der Waals surface area contributed by atoms with Crippen LogP contribution in [0.5, 0.6) is 0 Å². The minimum atomic E-state index is -3.90. The van der Waals surface area contributed by atoms with Gasteiger partial charge < -0.3 is 27.9 Å². The van der Waals surface area contributed by atoms with E-state index >= 15 is 0 Å². The van der Waals surface area contributed by atoms with Crippen LogP contribution in [0.2, 0.25) is 0 Å². The number of aromatic nitrogens is 4. The van der Waals surface area contributed by atoms with E-state index in [4.69, 9.17) is 0 Å². The van der Waals surface area contributed by atoms with Crippen molar-refractivity contribution in [3.63, 3.8) is 0 Å². The molecule has 2 rings (SSSR count). The third kappa shape index (κ3) is 16.8. The first-order chi connectivity index (χ1) is 12.8. The molecule has 164 valence electrons. The number of hydrogen-bond acceptors (Lipinski definition) is 8. The first kappa shape index (κ1) is 28.8. The Morgan fingerprint density at radius 3 is 1.00 bits per heavy atom. The maximum Gasteiger partial charge on any atom is 0.267 e. The molecule has 0 bridgehead atoms. The molecule has 0 spiro atoms. The fourth-order valence-electron chi connectivity index (χ4n) is 1.30. The smallest absolute Gasteiger partial charge is 0.267 e. The van der Waals surface area contributed by atoms with Crippen LogP contribution in [0.4, 0.5) is 0 Å². The van der Waals surface area contributed by atoms with Crippen LogP contribution in [0.25, 0.3) is 0 Å². The van der Waals surface area contributed by atoms with Gasteiger partial charge in [-0.25, -0.2) is 18.3 Å². The van der Waals surface area contributed by atoms with Crippen molar-refractivity contribution in [3.8, 4) is 0 Å². The number of rotatable bonds is 4. The van der Waals surface area contributed by atoms with Crippen LogP contribution in [-0.2, 0) is 55.4 Å². The van der Waals surface area contributed by atoms with Gasteiger partial charge in [0.25, 0.3) is 15.6 Å². The zero-order valence-corrected chi connectivity index (χ0v) is 19.2. The lowest BCUT2D eigenvalue weighted by Crippen LogP contribution is -2.23. The summed E-state index contributed by atoms with van der Waals surface area (Å²) in [6.45, 7) is 0. The highest BCUT2D eigenvalue weighted by Crippen LogP contribution is 2.35. The zero-order valence-electron chi connectivity index (χ0n) is 17.4. The predicted octanol–water partition coefficient (Wildman–Crippen LogP) is -0.806. The molecule has 0 aromatic carbocycles. The Labute approximate surface area is 165 Å². The van der Waals surface area contributed by atoms with Crippen LogP contribution < -0.4 is 18.9 Å². The quantitative estimate of drug-likeness (QED) is 0.442. The molecule has 0 aliphatic heterocycles. The Kier molecular flexibility index (Phi) is 15.1. The molecule has 0 saturated heterocycles. The number of imidazole rings is 2. The molecule has 0 unspecified atom stereocenters. The van der Waals surface area contributed by atoms with Gasteiger partial charge in [0.15, 0.2) is 0 Å². The molecule has 0 radical (unpaired) electrons. The molecule has 2 heterocycles. The maximum atomic E-state index is 9.95. The molecule has 12 nitrogen and oxygen atoms in total. The summed E-state index contributed by atoms with van der Waals surface area (Å²) in [5, 5.41) is 0. The second kappa shape index (κ2) is 14.6. The van der Waals surface area contributed by atoms with Crippen molar-refractivity contribution in [2.24, 2.45) is 28.2 Å². The molecule has 28 heavy (non-hydrogen) atoms. The first-order valence-electron chi connectivity index (χ1n) is 7.61. The highest BCUT2D eigenvalue weighted by molar-refractivity contribution is 7.46. The van der Waals surface area contributed by atoms with Crippen LogP contribution in [-0.4, -0.2) is 37.6 Å². The lowest BCUT2D eigenvalue weighted by atomic mass is 10.9. The standard InChI is InChI=1S/2C5H9N2.2C2H7O4P/c2*1-6-3-4-7(2)5-6;2*1-5-7(3,4)6-2/h2*3-5H,1-2H3;2*1-2H3,(H,3,4)/q2*+1;;/p-2. The molecular formula is C14H30N4O8P2. The minimum Gasteiger partial charge on any atom is -0.756 e. The molecule has 0 amide bonds. The van der Waals surface area contributed by atoms with E-state index in [0.29, 0.717) is 0 Å². The van der Waals surface area contributed by atoms with Crippen molar-refractivity contribution < 1.29 is 46.1 Å². The van der Waals surface area contributed by atoms with Crippen molar-refractivity contribution in [1.82, 2.24) is 9.13 Å². The highest BCUT2D eigenvalue weighted by atomic mass is 31.2. The molecule has 0 fully saturated rings. The second-order valence-electron chi connectivity index (χ2n) is 5.11. The fraction of sp³-hybridized carbons (Fsp3) is 0.571. The van der Waals surface area contributed by atoms with Crippen molar-refractivity contribution >= 4 is 15.6 Å². The van der Waals surface area contributed by atoms with Crippen molar-refractivity contribution in [2.45, 2.75) is 0 Å². The van der Waals surface area contributed by atoms with E-state index < -0.39 is 15.6 Å². The van der Waals surface area contributed by atoms with Crippen LogP contribution in [0.1, 0.15) is 0 Å². The maximum absolute atomic E-state index is 9.95. The van der Waals surface area contributed by atoms with Crippen LogP contribution >= 0.6 is 15.6 Å². The molecule has 0 aliphatic carbocycles. The predicted molar refractivity (Wildman–Crippen MR) is 96.4 cm³/mol. The number of aryl methyl sites for hydroxylation is 4. The van der Waals surface area contributed by atoms with Gasteiger partial charge in [0.1, 0.15) is 24.8 Å². The average molecular weight is 444 g/mol. The number of phosphoric acid groups is 2. The third-order valence-electron chi connectivity index (χ3n) is 2.70. The summed E-state index contributed by atoms with van der Waals surface area (Å²) >= 11 is 0. The van der Waals surface area contributed by atoms with Gasteiger partial charge in [-0.3, -0.25) is 9.13 Å². The van der Waals surface area contributed by atoms with E-state index in [2.05, 4.69) is 18.1 Å². The minimum absolute atomic E-state index is 1.04. The van der Waals surface area contributed by atoms with Gasteiger partial charge in [0, 0.05) is 28.4 Å². The van der Waals surface area contributed by atoms with Crippen molar-refractivity contribution in [1.29, 1.82) is 0 Å². The summed E-state index contributed by atoms with van der Waals surface area (Å²) in [6, 6.07) is 0. The van der Waals surface area contributed by atoms with Crippen LogP contribution in [0.15, 0.2) is 37.4 Å². The molecule has 0 aliphatic rings. The van der Waals surface area contributed by atoms with Gasteiger partial charge in [-0.15, -0.1) is 0 Å². The highest BCUT2D eigenvalue weighted by Gasteiger charge is 1.99. The lowest BCUT2D eigenvalue weighted by Gasteiger charge is -2.16. The average Bonchev–Trinajstić information content (AvgIpc) is 3.22. The monoisotopic (exact) mass is 444 g/mol. The zero-order chi connectivity index (χ0) is 22.4. The summed E-state index contributed by atoms with van der Waals surface area (Å²) in [5.74, 6) is 0. The van der Waals surface area contributed by atoms with E-state index in [1.165, 1.54) is 0 Å². The van der Waals surface area contributed by atoms with E-state index in [0.717, 1.165) is 28.4 Å². The second-order valence-corrected chi connectivity index (χ2v) is 8.36. The Morgan fingerprint density at radius 2 is 0.964 bits per heavy atom. The van der Waals surface area contributed by atoms with Gasteiger partial charge in [-0.2, -0.15) is 0 Å². The molecule has 0 saturated carbocycles. The molecule has 2 aromatic rings. The first-order valence-corrected chi connectivity index (χ1v) is 10.5. The Morgan fingerprint density at radius 1 is 0.714 bits per heavy atom. The largest absolute Gasteiger partial charge is 0.756 e. The lowest BCUT2D eigenvalue weighted by molar-refractivity contribution is -0.671. The Bertz CT molecular complexity index is 638. The van der Waals surface area contributed by atoms with Gasteiger partial charge in [-0.05, 0) is 0 Å². The molecular weight excluding hydrogens is 414 g/mol. The molecule has 2 aromatic heterocycles. The van der Waals surface area contributed by atoms with Crippen LogP contribution in [0.3, 0.4) is 0 Å². The van der Waals surface area contributed by atoms with Crippen molar-refractivity contribution in [3.05, 3.63) is 37.4 Å². The summed E-state index contributed by atoms with van der Waals surface area (Å²) in [6.07, 6.45) is 12.0. The summed E-state index contributed by atoms with van der Waals surface area (Å²) < 4.78 is 43.4. The van der Waals surface area contributed by atoms with Gasteiger partial charge in [0.2, 0.25) is 12.7 Å². The molecule has 0 atom stereocenters. The Balaban J connectivity index is 0. The summed E-state index contributed by atoms with van der Waals surface area (Å²) in [5.41, 5.74) is 0. The number of phosphoric ester groups is 2. The van der Waals surface area contributed by atoms with Gasteiger partial charge >= 0.3 is 0 Å². The number of nitrogens with zero attached hydrogens (tertiary/aromatic N) is 4. The van der Waals surface area contributed by atoms with E-state index in [1.54, 1.807) is 0 Å². The van der Waals surface area contributed by atoms with E-state index in [9.17, 15) is 18.9 Å². The van der Waals surface area contributed by atoms with E-state index in [-0.39, 0.29) is 0 Å². The fourth-order valence-corrected chi connectivity index (χ4v) is 1.60. The van der Waals surface area contributed by atoms with Gasteiger partial charge in [0.05, 0.1) is 28.2 Å². The molecule has 0 N–H and O–H groups in total. The summed E-state index contributed by atoms with van der Waals surface area (Å²) in [7, 11) is 4.35. The van der Waals surface area contributed by atoms with E-state index in [1.807, 2.05) is 83.9 Å². The van der Waals surface area contributed by atoms with Crippen molar-refractivity contribution in [2.75, 3.05) is 28.4 Å². The summed E-state index contributed by atoms with van der Waals surface area (Å²) in [4.78, 5) is 19.9. The van der Waals surface area contributed by atoms with Gasteiger partial charge in [-0.1, -0.05) is 0 Å². The normalized spacial score (nSPS) is 10.6. The Hall–Kier alpha value is -1.36. The topological polar surface area (TPSA) is 135 Å². The number of hydrogen-bond donors (Lipinski definition) is 0. The SMILES string of the molecule is COP(=O)([O-])OC.COP(=O)([O-])OC.Cn1cc[n+](C)c1.Cn1cc[n+](C)c1. The molecule has 14 heteroatoms.